The Hall–Kier alpha value is -2.00. The number of hydrogen-bond donors (Lipinski definition) is 0. The lowest BCUT2D eigenvalue weighted by molar-refractivity contribution is 0.0984. The quantitative estimate of drug-likeness (QED) is 0.614. The van der Waals surface area contributed by atoms with Crippen molar-refractivity contribution < 1.29 is 14.3 Å². The molecule has 4 heteroatoms. The van der Waals surface area contributed by atoms with E-state index in [-0.39, 0.29) is 5.78 Å². The van der Waals surface area contributed by atoms with Crippen molar-refractivity contribution in [3.8, 4) is 11.5 Å². The van der Waals surface area contributed by atoms with Crippen LogP contribution < -0.4 is 9.47 Å². The second-order valence-corrected chi connectivity index (χ2v) is 5.14. The highest BCUT2D eigenvalue weighted by Crippen LogP contribution is 2.31. The van der Waals surface area contributed by atoms with Crippen LogP contribution in [0.3, 0.4) is 0 Å². The number of methoxy groups -OCH3 is 2. The molecule has 0 aliphatic carbocycles. The highest BCUT2D eigenvalue weighted by atomic mass is 35.5. The molecule has 1 unspecified atom stereocenters. The van der Waals surface area contributed by atoms with Gasteiger partial charge in [-0.1, -0.05) is 29.8 Å². The number of aryl methyl sites for hydroxylation is 1. The number of carbonyl (C=O) groups is 1. The monoisotopic (exact) mass is 304 g/mol. The van der Waals surface area contributed by atoms with Crippen molar-refractivity contribution in [3.63, 3.8) is 0 Å². The fourth-order valence-electron chi connectivity index (χ4n) is 2.03. The molecule has 0 spiro atoms. The van der Waals surface area contributed by atoms with Gasteiger partial charge in [0, 0.05) is 6.07 Å². The molecule has 0 heterocycles. The van der Waals surface area contributed by atoms with Crippen LogP contribution in [0.2, 0.25) is 0 Å². The predicted octanol–water partition coefficient (Wildman–Crippen LogP) is 4.18. The van der Waals surface area contributed by atoms with E-state index in [0.717, 1.165) is 11.1 Å². The van der Waals surface area contributed by atoms with Gasteiger partial charge in [0.05, 0.1) is 19.8 Å². The average molecular weight is 305 g/mol. The smallest absolute Gasteiger partial charge is 0.188 e. The predicted molar refractivity (Wildman–Crippen MR) is 83.6 cm³/mol. The summed E-state index contributed by atoms with van der Waals surface area (Å²) in [6.45, 7) is 1.99. The van der Waals surface area contributed by atoms with E-state index in [0.29, 0.717) is 17.1 Å². The summed E-state index contributed by atoms with van der Waals surface area (Å²) in [6, 6.07) is 12.7. The summed E-state index contributed by atoms with van der Waals surface area (Å²) in [7, 11) is 3.08. The van der Waals surface area contributed by atoms with Crippen LogP contribution >= 0.6 is 11.6 Å². The lowest BCUT2D eigenvalue weighted by Gasteiger charge is -2.13. The largest absolute Gasteiger partial charge is 0.497 e. The number of hydrogen-bond acceptors (Lipinski definition) is 3. The lowest BCUT2D eigenvalue weighted by atomic mass is 10.0. The van der Waals surface area contributed by atoms with E-state index >= 15 is 0 Å². The molecular formula is C17H17ClO3. The first-order valence-corrected chi connectivity index (χ1v) is 6.97. The van der Waals surface area contributed by atoms with Gasteiger partial charge in [-0.05, 0) is 24.6 Å². The highest BCUT2D eigenvalue weighted by Gasteiger charge is 2.22. The Morgan fingerprint density at radius 2 is 1.71 bits per heavy atom. The van der Waals surface area contributed by atoms with Gasteiger partial charge >= 0.3 is 0 Å². The molecular weight excluding hydrogens is 288 g/mol. The van der Waals surface area contributed by atoms with Gasteiger partial charge in [0.2, 0.25) is 0 Å². The fourth-order valence-corrected chi connectivity index (χ4v) is 2.29. The summed E-state index contributed by atoms with van der Waals surface area (Å²) in [4.78, 5) is 12.6. The van der Waals surface area contributed by atoms with Crippen molar-refractivity contribution >= 4 is 17.4 Å². The molecule has 0 aromatic heterocycles. The first kappa shape index (κ1) is 15.4. The standard InChI is InChI=1S/C17H17ClO3/c1-11-4-6-12(7-5-11)16(18)17(19)14-9-8-13(20-2)10-15(14)21-3/h4-10,16H,1-3H3. The number of rotatable bonds is 5. The van der Waals surface area contributed by atoms with E-state index in [4.69, 9.17) is 21.1 Å². The van der Waals surface area contributed by atoms with Gasteiger partial charge in [-0.15, -0.1) is 11.6 Å². The minimum atomic E-state index is -0.743. The Bertz CT molecular complexity index is 635. The minimum absolute atomic E-state index is 0.194. The molecule has 0 amide bonds. The van der Waals surface area contributed by atoms with E-state index < -0.39 is 5.38 Å². The zero-order valence-electron chi connectivity index (χ0n) is 12.2. The van der Waals surface area contributed by atoms with Crippen molar-refractivity contribution in [1.29, 1.82) is 0 Å². The van der Waals surface area contributed by atoms with Gasteiger partial charge in [0.15, 0.2) is 5.78 Å². The minimum Gasteiger partial charge on any atom is -0.497 e. The maximum atomic E-state index is 12.6. The third-order valence-corrected chi connectivity index (χ3v) is 3.72. The van der Waals surface area contributed by atoms with E-state index in [9.17, 15) is 4.79 Å². The zero-order chi connectivity index (χ0) is 15.4. The summed E-state index contributed by atoms with van der Waals surface area (Å²) >= 11 is 6.31. The van der Waals surface area contributed by atoms with E-state index in [1.165, 1.54) is 7.11 Å². The first-order chi connectivity index (χ1) is 10.1. The van der Waals surface area contributed by atoms with E-state index in [2.05, 4.69) is 0 Å². The normalized spacial score (nSPS) is 11.8. The van der Waals surface area contributed by atoms with E-state index in [1.807, 2.05) is 31.2 Å². The maximum Gasteiger partial charge on any atom is 0.188 e. The summed E-state index contributed by atoms with van der Waals surface area (Å²) in [6.07, 6.45) is 0. The number of Topliss-reactive ketones (excluding diaryl/α,β-unsaturated/α-hetero) is 1. The molecule has 0 fully saturated rings. The van der Waals surface area contributed by atoms with Crippen LogP contribution in [0.1, 0.15) is 26.9 Å². The summed E-state index contributed by atoms with van der Waals surface area (Å²) in [5.74, 6) is 0.891. The Kier molecular flexibility index (Phi) is 4.86. The molecule has 0 radical (unpaired) electrons. The zero-order valence-corrected chi connectivity index (χ0v) is 13.0. The van der Waals surface area contributed by atoms with Crippen molar-refractivity contribution in [3.05, 3.63) is 59.2 Å². The number of alkyl halides is 1. The molecule has 110 valence electrons. The van der Waals surface area contributed by atoms with Crippen LogP contribution in [0.5, 0.6) is 11.5 Å². The van der Waals surface area contributed by atoms with Crippen LogP contribution in [-0.2, 0) is 0 Å². The van der Waals surface area contributed by atoms with Crippen molar-refractivity contribution in [2.45, 2.75) is 12.3 Å². The molecule has 0 N–H and O–H groups in total. The van der Waals surface area contributed by atoms with Crippen LogP contribution in [0, 0.1) is 6.92 Å². The topological polar surface area (TPSA) is 35.5 Å². The Morgan fingerprint density at radius 1 is 1.05 bits per heavy atom. The average Bonchev–Trinajstić information content (AvgIpc) is 2.53. The van der Waals surface area contributed by atoms with Gasteiger partial charge in [-0.3, -0.25) is 4.79 Å². The van der Waals surface area contributed by atoms with Crippen molar-refractivity contribution in [2.75, 3.05) is 14.2 Å². The molecule has 0 saturated carbocycles. The summed E-state index contributed by atoms with van der Waals surface area (Å²) < 4.78 is 10.4. The number of ketones is 1. The molecule has 0 aliphatic rings. The van der Waals surface area contributed by atoms with Gasteiger partial charge in [0.25, 0.3) is 0 Å². The third kappa shape index (κ3) is 3.37. The molecule has 1 atom stereocenters. The molecule has 0 saturated heterocycles. The van der Waals surface area contributed by atoms with Crippen LogP contribution in [0.4, 0.5) is 0 Å². The second-order valence-electron chi connectivity index (χ2n) is 4.70. The van der Waals surface area contributed by atoms with Crippen molar-refractivity contribution in [1.82, 2.24) is 0 Å². The van der Waals surface area contributed by atoms with Crippen LogP contribution in [0.15, 0.2) is 42.5 Å². The summed E-state index contributed by atoms with van der Waals surface area (Å²) in [5.41, 5.74) is 2.33. The Morgan fingerprint density at radius 3 is 2.29 bits per heavy atom. The molecule has 21 heavy (non-hydrogen) atoms. The number of ether oxygens (including phenoxy) is 2. The second kappa shape index (κ2) is 6.64. The SMILES string of the molecule is COc1ccc(C(=O)C(Cl)c2ccc(C)cc2)c(OC)c1. The van der Waals surface area contributed by atoms with E-state index in [1.54, 1.807) is 25.3 Å². The Labute approximate surface area is 129 Å². The first-order valence-electron chi connectivity index (χ1n) is 6.53. The van der Waals surface area contributed by atoms with Crippen LogP contribution in [0.25, 0.3) is 0 Å². The number of benzene rings is 2. The molecule has 2 aromatic rings. The molecule has 2 aromatic carbocycles. The molecule has 2 rings (SSSR count). The van der Waals surface area contributed by atoms with Gasteiger partial charge in [-0.2, -0.15) is 0 Å². The van der Waals surface area contributed by atoms with Gasteiger partial charge in [-0.25, -0.2) is 0 Å². The van der Waals surface area contributed by atoms with Crippen molar-refractivity contribution in [2.24, 2.45) is 0 Å². The number of halogens is 1. The molecule has 0 aliphatic heterocycles. The van der Waals surface area contributed by atoms with Gasteiger partial charge in [0.1, 0.15) is 16.9 Å². The summed E-state index contributed by atoms with van der Waals surface area (Å²) in [5, 5.41) is -0.743. The third-order valence-electron chi connectivity index (χ3n) is 3.27. The van der Waals surface area contributed by atoms with Gasteiger partial charge < -0.3 is 9.47 Å². The maximum absolute atomic E-state index is 12.6. The molecule has 0 bridgehead atoms. The number of carbonyl (C=O) groups excluding carboxylic acids is 1. The lowest BCUT2D eigenvalue weighted by Crippen LogP contribution is -2.09. The fraction of sp³-hybridized carbons (Fsp3) is 0.235. The molecule has 3 nitrogen and oxygen atoms in total. The highest BCUT2D eigenvalue weighted by molar-refractivity contribution is 6.34. The Balaban J connectivity index is 2.32. The van der Waals surface area contributed by atoms with Crippen LogP contribution in [-0.4, -0.2) is 20.0 Å².